The molecule has 4 heteroatoms. The quantitative estimate of drug-likeness (QED) is 0.733. The van der Waals surface area contributed by atoms with Crippen molar-refractivity contribution < 1.29 is 8.81 Å². The molecule has 0 radical (unpaired) electrons. The Morgan fingerprint density at radius 2 is 2.21 bits per heavy atom. The van der Waals surface area contributed by atoms with Crippen LogP contribution in [0.5, 0.6) is 0 Å². The van der Waals surface area contributed by atoms with E-state index in [-0.39, 0.29) is 5.82 Å². The molecule has 0 aliphatic carbocycles. The van der Waals surface area contributed by atoms with Crippen LogP contribution in [0.4, 0.5) is 4.39 Å². The van der Waals surface area contributed by atoms with Gasteiger partial charge in [-0.25, -0.2) is 4.39 Å². The summed E-state index contributed by atoms with van der Waals surface area (Å²) in [5.74, 6) is 0.615. The molecule has 0 bridgehead atoms. The second kappa shape index (κ2) is 3.57. The van der Waals surface area contributed by atoms with Crippen LogP contribution in [0.3, 0.4) is 0 Å². The Morgan fingerprint density at radius 1 is 1.36 bits per heavy atom. The molecule has 0 saturated carbocycles. The number of nitrogens with zero attached hydrogens (tertiary/aromatic N) is 2. The van der Waals surface area contributed by atoms with Crippen LogP contribution in [0.25, 0.3) is 11.5 Å². The van der Waals surface area contributed by atoms with Gasteiger partial charge in [-0.3, -0.25) is 0 Å². The van der Waals surface area contributed by atoms with Gasteiger partial charge in [0.1, 0.15) is 5.82 Å². The first kappa shape index (κ1) is 8.87. The molecule has 0 atom stereocenters. The van der Waals surface area contributed by atoms with Gasteiger partial charge in [0.2, 0.25) is 11.8 Å². The van der Waals surface area contributed by atoms with Crippen molar-refractivity contribution >= 4 is 0 Å². The van der Waals surface area contributed by atoms with Crippen molar-refractivity contribution in [3.8, 4) is 11.5 Å². The third-order valence-electron chi connectivity index (χ3n) is 1.84. The van der Waals surface area contributed by atoms with Crippen LogP contribution in [0.1, 0.15) is 12.8 Å². The maximum absolute atomic E-state index is 12.9. The van der Waals surface area contributed by atoms with E-state index < -0.39 is 0 Å². The molecule has 72 valence electrons. The highest BCUT2D eigenvalue weighted by Gasteiger charge is 2.07. The molecule has 2 rings (SSSR count). The first-order chi connectivity index (χ1) is 6.79. The lowest BCUT2D eigenvalue weighted by Crippen LogP contribution is -1.79. The van der Waals surface area contributed by atoms with Gasteiger partial charge in [0, 0.05) is 12.0 Å². The molecule has 2 aromatic rings. The predicted molar refractivity (Wildman–Crippen MR) is 49.1 cm³/mol. The van der Waals surface area contributed by atoms with E-state index in [2.05, 4.69) is 10.2 Å². The van der Waals surface area contributed by atoms with E-state index in [9.17, 15) is 4.39 Å². The molecule has 0 amide bonds. The highest BCUT2D eigenvalue weighted by molar-refractivity contribution is 5.52. The van der Waals surface area contributed by atoms with Crippen molar-refractivity contribution in [1.82, 2.24) is 10.2 Å². The molecule has 0 N–H and O–H groups in total. The predicted octanol–water partition coefficient (Wildman–Crippen LogP) is 2.44. The summed E-state index contributed by atoms with van der Waals surface area (Å²) in [6.07, 6.45) is 0.683. The van der Waals surface area contributed by atoms with Gasteiger partial charge in [0.05, 0.1) is 0 Å². The summed E-state index contributed by atoms with van der Waals surface area (Å²) in [5.41, 5.74) is 0.609. The molecule has 1 heterocycles. The number of benzene rings is 1. The fourth-order valence-corrected chi connectivity index (χ4v) is 1.13. The van der Waals surface area contributed by atoms with Gasteiger partial charge < -0.3 is 4.42 Å². The zero-order valence-corrected chi connectivity index (χ0v) is 7.70. The maximum Gasteiger partial charge on any atom is 0.247 e. The Balaban J connectivity index is 2.39. The maximum atomic E-state index is 12.9. The summed E-state index contributed by atoms with van der Waals surface area (Å²) in [4.78, 5) is 0. The fraction of sp³-hybridized carbons (Fsp3) is 0.200. The topological polar surface area (TPSA) is 38.9 Å². The third-order valence-corrected chi connectivity index (χ3v) is 1.84. The first-order valence-corrected chi connectivity index (χ1v) is 4.38. The molecule has 0 saturated heterocycles. The minimum Gasteiger partial charge on any atom is -0.421 e. The van der Waals surface area contributed by atoms with Gasteiger partial charge >= 0.3 is 0 Å². The van der Waals surface area contributed by atoms with E-state index in [0.29, 0.717) is 23.8 Å². The molecular weight excluding hydrogens is 183 g/mol. The van der Waals surface area contributed by atoms with E-state index in [0.717, 1.165) is 0 Å². The normalized spacial score (nSPS) is 10.4. The van der Waals surface area contributed by atoms with Crippen molar-refractivity contribution in [2.45, 2.75) is 13.3 Å². The summed E-state index contributed by atoms with van der Waals surface area (Å²) < 4.78 is 18.1. The van der Waals surface area contributed by atoms with Crippen LogP contribution in [-0.2, 0) is 6.42 Å². The molecule has 3 nitrogen and oxygen atoms in total. The highest BCUT2D eigenvalue weighted by atomic mass is 19.1. The lowest BCUT2D eigenvalue weighted by molar-refractivity contribution is 0.512. The van der Waals surface area contributed by atoms with Crippen LogP contribution in [-0.4, -0.2) is 10.2 Å². The number of hydrogen-bond acceptors (Lipinski definition) is 3. The van der Waals surface area contributed by atoms with Crippen molar-refractivity contribution in [3.63, 3.8) is 0 Å². The average molecular weight is 192 g/mol. The molecule has 0 unspecified atom stereocenters. The zero-order valence-electron chi connectivity index (χ0n) is 7.70. The van der Waals surface area contributed by atoms with Crippen molar-refractivity contribution in [1.29, 1.82) is 0 Å². The molecular formula is C10H9FN2O. The van der Waals surface area contributed by atoms with Crippen LogP contribution in [0.15, 0.2) is 28.7 Å². The molecule has 0 fully saturated rings. The van der Waals surface area contributed by atoms with Gasteiger partial charge in [0.15, 0.2) is 0 Å². The van der Waals surface area contributed by atoms with Gasteiger partial charge in [-0.05, 0) is 18.2 Å². The number of aryl methyl sites for hydroxylation is 1. The van der Waals surface area contributed by atoms with E-state index in [1.54, 1.807) is 12.1 Å². The minimum atomic E-state index is -0.307. The van der Waals surface area contributed by atoms with E-state index in [1.165, 1.54) is 12.1 Å². The monoisotopic (exact) mass is 192 g/mol. The van der Waals surface area contributed by atoms with Crippen LogP contribution < -0.4 is 0 Å². The van der Waals surface area contributed by atoms with Crippen LogP contribution in [0.2, 0.25) is 0 Å². The number of halogens is 1. The molecule has 1 aromatic heterocycles. The Labute approximate surface area is 80.6 Å². The fourth-order valence-electron chi connectivity index (χ4n) is 1.13. The molecule has 0 aliphatic heterocycles. The first-order valence-electron chi connectivity index (χ1n) is 4.38. The Kier molecular flexibility index (Phi) is 2.26. The average Bonchev–Trinajstić information content (AvgIpc) is 2.66. The SMILES string of the molecule is CCc1nnc(-c2cccc(F)c2)o1. The minimum absolute atomic E-state index is 0.307. The standard InChI is InChI=1S/C10H9FN2O/c1-2-9-12-13-10(14-9)7-4-3-5-8(11)6-7/h3-6H,2H2,1H3. The summed E-state index contributed by atoms with van der Waals surface area (Å²) in [5, 5.41) is 7.62. The van der Waals surface area contributed by atoms with Crippen molar-refractivity contribution in [2.24, 2.45) is 0 Å². The lowest BCUT2D eigenvalue weighted by Gasteiger charge is -1.93. The van der Waals surface area contributed by atoms with Gasteiger partial charge in [-0.15, -0.1) is 10.2 Å². The van der Waals surface area contributed by atoms with Gasteiger partial charge in [0.25, 0.3) is 0 Å². The summed E-state index contributed by atoms with van der Waals surface area (Å²) >= 11 is 0. The van der Waals surface area contributed by atoms with E-state index in [1.807, 2.05) is 6.92 Å². The van der Waals surface area contributed by atoms with E-state index >= 15 is 0 Å². The Hall–Kier alpha value is -1.71. The second-order valence-corrected chi connectivity index (χ2v) is 2.86. The number of hydrogen-bond donors (Lipinski definition) is 0. The smallest absolute Gasteiger partial charge is 0.247 e. The number of rotatable bonds is 2. The zero-order chi connectivity index (χ0) is 9.97. The molecule has 1 aromatic carbocycles. The van der Waals surface area contributed by atoms with Gasteiger partial charge in [-0.1, -0.05) is 13.0 Å². The summed E-state index contributed by atoms with van der Waals surface area (Å²) in [7, 11) is 0. The largest absolute Gasteiger partial charge is 0.421 e. The summed E-state index contributed by atoms with van der Waals surface area (Å²) in [6.45, 7) is 1.92. The van der Waals surface area contributed by atoms with Gasteiger partial charge in [-0.2, -0.15) is 0 Å². The van der Waals surface area contributed by atoms with Crippen LogP contribution >= 0.6 is 0 Å². The molecule has 0 aliphatic rings. The van der Waals surface area contributed by atoms with E-state index in [4.69, 9.17) is 4.42 Å². The van der Waals surface area contributed by atoms with Crippen molar-refractivity contribution in [2.75, 3.05) is 0 Å². The Bertz CT molecular complexity index is 439. The summed E-state index contributed by atoms with van der Waals surface area (Å²) in [6, 6.07) is 6.09. The number of aromatic nitrogens is 2. The van der Waals surface area contributed by atoms with Crippen LogP contribution in [0, 0.1) is 5.82 Å². The lowest BCUT2D eigenvalue weighted by atomic mass is 10.2. The second-order valence-electron chi connectivity index (χ2n) is 2.86. The highest BCUT2D eigenvalue weighted by Crippen LogP contribution is 2.18. The van der Waals surface area contributed by atoms with Crippen molar-refractivity contribution in [3.05, 3.63) is 36.0 Å². The molecule has 14 heavy (non-hydrogen) atoms. The Morgan fingerprint density at radius 3 is 2.86 bits per heavy atom. The molecule has 0 spiro atoms. The third kappa shape index (κ3) is 1.64.